The lowest BCUT2D eigenvalue weighted by Crippen LogP contribution is -2.39. The second-order valence-corrected chi connectivity index (χ2v) is 5.87. The molecule has 1 saturated carbocycles. The second-order valence-electron chi connectivity index (χ2n) is 5.43. The van der Waals surface area contributed by atoms with Crippen molar-refractivity contribution in [1.82, 2.24) is 4.98 Å². The molecule has 0 atom stereocenters. The maximum absolute atomic E-state index is 9.36. The van der Waals surface area contributed by atoms with Gasteiger partial charge in [0.05, 0.1) is 6.61 Å². The molecule has 1 aliphatic carbocycles. The van der Waals surface area contributed by atoms with Gasteiger partial charge in [0.2, 0.25) is 0 Å². The van der Waals surface area contributed by atoms with Crippen LogP contribution in [0.5, 0.6) is 0 Å². The van der Waals surface area contributed by atoms with Crippen molar-refractivity contribution in [3.63, 3.8) is 0 Å². The third-order valence-corrected chi connectivity index (χ3v) is 4.11. The molecule has 1 heterocycles. The lowest BCUT2D eigenvalue weighted by molar-refractivity contribution is 0.289. The highest BCUT2D eigenvalue weighted by Gasteiger charge is 2.22. The Morgan fingerprint density at radius 3 is 2.70 bits per heavy atom. The molecule has 5 heteroatoms. The minimum Gasteiger partial charge on any atom is -0.395 e. The van der Waals surface area contributed by atoms with E-state index in [1.165, 1.54) is 19.3 Å². The number of pyridine rings is 1. The molecule has 3 N–H and O–H groups in total. The highest BCUT2D eigenvalue weighted by atomic mass is 32.1. The molecule has 1 fully saturated rings. The van der Waals surface area contributed by atoms with Gasteiger partial charge in [0, 0.05) is 23.8 Å². The number of aliphatic hydroxyl groups is 1. The van der Waals surface area contributed by atoms with Gasteiger partial charge in [-0.1, -0.05) is 31.5 Å². The summed E-state index contributed by atoms with van der Waals surface area (Å²) in [7, 11) is 0. The van der Waals surface area contributed by atoms with Gasteiger partial charge in [0.15, 0.2) is 0 Å². The smallest absolute Gasteiger partial charge is 0.129 e. The van der Waals surface area contributed by atoms with E-state index in [1.807, 2.05) is 19.1 Å². The summed E-state index contributed by atoms with van der Waals surface area (Å²) in [6.07, 6.45) is 6.14. The van der Waals surface area contributed by atoms with E-state index in [0.717, 1.165) is 29.9 Å². The van der Waals surface area contributed by atoms with Gasteiger partial charge in [-0.15, -0.1) is 0 Å². The minimum atomic E-state index is 0.133. The summed E-state index contributed by atoms with van der Waals surface area (Å²) >= 11 is 5.07. The number of nitrogens with zero attached hydrogens (tertiary/aromatic N) is 2. The second kappa shape index (κ2) is 6.99. The molecule has 4 nitrogen and oxygen atoms in total. The first-order valence-corrected chi connectivity index (χ1v) is 7.68. The Kier molecular flexibility index (Phi) is 5.31. The summed E-state index contributed by atoms with van der Waals surface area (Å²) in [4.78, 5) is 7.22. The van der Waals surface area contributed by atoms with Gasteiger partial charge >= 0.3 is 0 Å². The fraction of sp³-hybridized carbons (Fsp3) is 0.600. The number of aliphatic hydroxyl groups excluding tert-OH is 1. The van der Waals surface area contributed by atoms with Gasteiger partial charge in [-0.05, 0) is 31.9 Å². The fourth-order valence-electron chi connectivity index (χ4n) is 2.93. The van der Waals surface area contributed by atoms with Crippen molar-refractivity contribution >= 4 is 23.0 Å². The number of thiocarbonyl (C=S) groups is 1. The molecule has 0 saturated heterocycles. The van der Waals surface area contributed by atoms with E-state index in [4.69, 9.17) is 18.0 Å². The molecule has 0 aromatic carbocycles. The van der Waals surface area contributed by atoms with Crippen LogP contribution < -0.4 is 10.6 Å². The van der Waals surface area contributed by atoms with Crippen LogP contribution in [0.15, 0.2) is 12.1 Å². The fourth-order valence-corrected chi connectivity index (χ4v) is 3.04. The summed E-state index contributed by atoms with van der Waals surface area (Å²) in [6, 6.07) is 4.31. The molecule has 0 bridgehead atoms. The summed E-state index contributed by atoms with van der Waals surface area (Å²) in [5.41, 5.74) is 7.49. The first kappa shape index (κ1) is 15.2. The van der Waals surface area contributed by atoms with Crippen LogP contribution in [-0.2, 0) is 0 Å². The Balaban J connectivity index is 2.30. The van der Waals surface area contributed by atoms with Crippen molar-refractivity contribution in [1.29, 1.82) is 0 Å². The summed E-state index contributed by atoms with van der Waals surface area (Å²) in [5, 5.41) is 9.36. The number of anilines is 1. The number of nitrogens with two attached hydrogens (primary N) is 1. The first-order chi connectivity index (χ1) is 9.61. The quantitative estimate of drug-likeness (QED) is 0.815. The van der Waals surface area contributed by atoms with E-state index >= 15 is 0 Å². The zero-order valence-corrected chi connectivity index (χ0v) is 12.8. The molecule has 110 valence electrons. The first-order valence-electron chi connectivity index (χ1n) is 7.28. The number of rotatable bonds is 5. The molecule has 1 aromatic rings. The van der Waals surface area contributed by atoms with E-state index < -0.39 is 0 Å². The molecule has 0 spiro atoms. The van der Waals surface area contributed by atoms with Crippen LogP contribution in [-0.4, -0.2) is 34.3 Å². The SMILES string of the molecule is Cc1cc(C(N)=S)cc(N(CCO)C2CCCCC2)n1. The highest BCUT2D eigenvalue weighted by molar-refractivity contribution is 7.80. The molecule has 0 amide bonds. The minimum absolute atomic E-state index is 0.133. The average molecular weight is 293 g/mol. The van der Waals surface area contributed by atoms with Gasteiger partial charge in [-0.3, -0.25) is 0 Å². The summed E-state index contributed by atoms with van der Waals surface area (Å²) < 4.78 is 0. The largest absolute Gasteiger partial charge is 0.395 e. The maximum Gasteiger partial charge on any atom is 0.129 e. The van der Waals surface area contributed by atoms with Gasteiger partial charge in [-0.25, -0.2) is 4.98 Å². The Hall–Kier alpha value is -1.20. The van der Waals surface area contributed by atoms with Crippen LogP contribution in [0, 0.1) is 6.92 Å². The lowest BCUT2D eigenvalue weighted by atomic mass is 9.94. The molecule has 0 unspecified atom stereocenters. The zero-order valence-electron chi connectivity index (χ0n) is 12.0. The number of hydrogen-bond acceptors (Lipinski definition) is 4. The van der Waals surface area contributed by atoms with Crippen LogP contribution >= 0.6 is 12.2 Å². The van der Waals surface area contributed by atoms with E-state index in [9.17, 15) is 5.11 Å². The Morgan fingerprint density at radius 1 is 1.40 bits per heavy atom. The number of aryl methyl sites for hydroxylation is 1. The number of aromatic nitrogens is 1. The molecule has 1 aromatic heterocycles. The van der Waals surface area contributed by atoms with E-state index in [1.54, 1.807) is 0 Å². The Morgan fingerprint density at radius 2 is 2.10 bits per heavy atom. The van der Waals surface area contributed by atoms with Crippen molar-refractivity contribution in [2.45, 2.75) is 45.1 Å². The van der Waals surface area contributed by atoms with Crippen molar-refractivity contribution in [3.05, 3.63) is 23.4 Å². The van der Waals surface area contributed by atoms with E-state index in [0.29, 0.717) is 17.6 Å². The van der Waals surface area contributed by atoms with Crippen molar-refractivity contribution in [2.75, 3.05) is 18.1 Å². The van der Waals surface area contributed by atoms with Crippen molar-refractivity contribution in [2.24, 2.45) is 5.73 Å². The zero-order chi connectivity index (χ0) is 14.5. The van der Waals surface area contributed by atoms with Gasteiger partial charge in [-0.2, -0.15) is 0 Å². The van der Waals surface area contributed by atoms with Crippen LogP contribution in [0.4, 0.5) is 5.82 Å². The molecule has 0 aliphatic heterocycles. The Labute approximate surface area is 126 Å². The predicted octanol–water partition coefficient (Wildman–Crippen LogP) is 2.16. The lowest BCUT2D eigenvalue weighted by Gasteiger charge is -2.35. The normalized spacial score (nSPS) is 16.1. The van der Waals surface area contributed by atoms with Gasteiger partial charge in [0.25, 0.3) is 0 Å². The molecule has 2 rings (SSSR count). The molecule has 1 aliphatic rings. The van der Waals surface area contributed by atoms with Crippen molar-refractivity contribution < 1.29 is 5.11 Å². The van der Waals surface area contributed by atoms with Crippen LogP contribution in [0.25, 0.3) is 0 Å². The van der Waals surface area contributed by atoms with E-state index in [-0.39, 0.29) is 6.61 Å². The maximum atomic E-state index is 9.36. The third-order valence-electron chi connectivity index (χ3n) is 3.88. The van der Waals surface area contributed by atoms with Gasteiger partial charge < -0.3 is 15.7 Å². The molecular formula is C15H23N3OS. The van der Waals surface area contributed by atoms with Crippen LogP contribution in [0.3, 0.4) is 0 Å². The molecular weight excluding hydrogens is 270 g/mol. The average Bonchev–Trinajstić information content (AvgIpc) is 2.45. The van der Waals surface area contributed by atoms with Crippen LogP contribution in [0.2, 0.25) is 0 Å². The Bertz CT molecular complexity index is 472. The molecule has 20 heavy (non-hydrogen) atoms. The van der Waals surface area contributed by atoms with Crippen LogP contribution in [0.1, 0.15) is 43.4 Å². The summed E-state index contributed by atoms with van der Waals surface area (Å²) in [6.45, 7) is 2.69. The number of hydrogen-bond donors (Lipinski definition) is 2. The third kappa shape index (κ3) is 3.67. The highest BCUT2D eigenvalue weighted by Crippen LogP contribution is 2.27. The predicted molar refractivity (Wildman–Crippen MR) is 86.2 cm³/mol. The van der Waals surface area contributed by atoms with Gasteiger partial charge in [0.1, 0.15) is 10.8 Å². The standard InChI is InChI=1S/C15H23N3OS/c1-11-9-12(15(16)20)10-14(17-11)18(7-8-19)13-5-3-2-4-6-13/h9-10,13,19H,2-8H2,1H3,(H2,16,20). The summed E-state index contributed by atoms with van der Waals surface area (Å²) in [5.74, 6) is 0.883. The topological polar surface area (TPSA) is 62.4 Å². The van der Waals surface area contributed by atoms with Crippen molar-refractivity contribution in [3.8, 4) is 0 Å². The molecule has 0 radical (unpaired) electrons. The monoisotopic (exact) mass is 293 g/mol. The van der Waals surface area contributed by atoms with E-state index in [2.05, 4.69) is 9.88 Å².